The van der Waals surface area contributed by atoms with Crippen molar-refractivity contribution in [2.75, 3.05) is 0 Å². The van der Waals surface area contributed by atoms with Gasteiger partial charge in [-0.2, -0.15) is 0 Å². The van der Waals surface area contributed by atoms with E-state index in [1.165, 1.54) is 12.1 Å². The van der Waals surface area contributed by atoms with Crippen molar-refractivity contribution in [1.82, 2.24) is 0 Å². The fourth-order valence-corrected chi connectivity index (χ4v) is 1.51. The molecule has 0 aliphatic rings. The molecular weight excluding hydrogens is 196 g/mol. The van der Waals surface area contributed by atoms with E-state index in [0.717, 1.165) is 5.56 Å². The largest absolute Gasteiger partial charge is 0.326 e. The number of nitro groups is 1. The smallest absolute Gasteiger partial charge is 0.270 e. The molecule has 0 spiro atoms. The van der Waals surface area contributed by atoms with Crippen LogP contribution in [-0.4, -0.2) is 4.92 Å². The van der Waals surface area contributed by atoms with Gasteiger partial charge in [0.1, 0.15) is 0 Å². The van der Waals surface area contributed by atoms with E-state index in [1.807, 2.05) is 0 Å². The van der Waals surface area contributed by atoms with Crippen LogP contribution in [0, 0.1) is 10.1 Å². The van der Waals surface area contributed by atoms with Crippen LogP contribution in [0.1, 0.15) is 16.7 Å². The van der Waals surface area contributed by atoms with Crippen molar-refractivity contribution in [2.24, 2.45) is 17.2 Å². The summed E-state index contributed by atoms with van der Waals surface area (Å²) in [5, 5.41) is 10.6. The molecule has 0 radical (unpaired) electrons. The molecule has 1 aromatic carbocycles. The minimum atomic E-state index is -0.460. The predicted molar refractivity (Wildman–Crippen MR) is 56.8 cm³/mol. The maximum Gasteiger partial charge on any atom is 0.270 e. The van der Waals surface area contributed by atoms with Gasteiger partial charge in [0.05, 0.1) is 4.92 Å². The van der Waals surface area contributed by atoms with Gasteiger partial charge in [-0.25, -0.2) is 0 Å². The number of nitrogens with zero attached hydrogens (tertiary/aromatic N) is 1. The quantitative estimate of drug-likeness (QED) is 0.476. The molecule has 0 heterocycles. The molecular formula is C9H14N4O2. The van der Waals surface area contributed by atoms with Crippen LogP contribution >= 0.6 is 0 Å². The van der Waals surface area contributed by atoms with E-state index in [9.17, 15) is 10.1 Å². The van der Waals surface area contributed by atoms with Gasteiger partial charge < -0.3 is 17.2 Å². The van der Waals surface area contributed by atoms with Crippen molar-refractivity contribution in [3.05, 3.63) is 38.9 Å². The average Bonchev–Trinajstić information content (AvgIpc) is 2.26. The Bertz CT molecular complexity index is 353. The van der Waals surface area contributed by atoms with Crippen molar-refractivity contribution in [1.29, 1.82) is 0 Å². The second-order valence-corrected chi connectivity index (χ2v) is 3.11. The first-order chi connectivity index (χ1) is 7.13. The van der Waals surface area contributed by atoms with Crippen LogP contribution in [0.2, 0.25) is 0 Å². The predicted octanol–water partition coefficient (Wildman–Crippen LogP) is -0.0291. The SMILES string of the molecule is NCc1cc([N+](=O)[O-])cc(CN)c1CN. The number of non-ortho nitro benzene ring substituents is 1. The van der Waals surface area contributed by atoms with Gasteiger partial charge in [-0.05, 0) is 16.7 Å². The summed E-state index contributed by atoms with van der Waals surface area (Å²) in [6.07, 6.45) is 0. The van der Waals surface area contributed by atoms with Crippen LogP contribution in [0.4, 0.5) is 5.69 Å². The van der Waals surface area contributed by atoms with Crippen LogP contribution < -0.4 is 17.2 Å². The van der Waals surface area contributed by atoms with Crippen LogP contribution in [0.15, 0.2) is 12.1 Å². The van der Waals surface area contributed by atoms with Crippen LogP contribution in [0.3, 0.4) is 0 Å². The lowest BCUT2D eigenvalue weighted by Gasteiger charge is -2.10. The fraction of sp³-hybridized carbons (Fsp3) is 0.333. The standard InChI is InChI=1S/C9H14N4O2/c10-3-6-1-8(13(14)15)2-7(4-11)9(6)5-12/h1-2H,3-5,10-12H2. The third-order valence-corrected chi connectivity index (χ3v) is 2.27. The van der Waals surface area contributed by atoms with E-state index in [2.05, 4.69) is 0 Å². The van der Waals surface area contributed by atoms with Crippen LogP contribution in [0.5, 0.6) is 0 Å². The maximum absolute atomic E-state index is 10.6. The average molecular weight is 210 g/mol. The summed E-state index contributed by atoms with van der Waals surface area (Å²) in [5.41, 5.74) is 18.7. The molecule has 15 heavy (non-hydrogen) atoms. The Kier molecular flexibility index (Phi) is 3.73. The molecule has 0 aliphatic heterocycles. The minimum Gasteiger partial charge on any atom is -0.326 e. The first-order valence-corrected chi connectivity index (χ1v) is 4.53. The fourth-order valence-electron chi connectivity index (χ4n) is 1.51. The van der Waals surface area contributed by atoms with Crippen LogP contribution in [-0.2, 0) is 19.6 Å². The van der Waals surface area contributed by atoms with E-state index in [1.54, 1.807) is 0 Å². The molecule has 0 aliphatic carbocycles. The first-order valence-electron chi connectivity index (χ1n) is 4.53. The highest BCUT2D eigenvalue weighted by molar-refractivity contribution is 5.45. The summed E-state index contributed by atoms with van der Waals surface area (Å²) in [6, 6.07) is 2.89. The zero-order chi connectivity index (χ0) is 11.4. The van der Waals surface area contributed by atoms with Crippen molar-refractivity contribution >= 4 is 5.69 Å². The van der Waals surface area contributed by atoms with Gasteiger partial charge in [-0.3, -0.25) is 10.1 Å². The second-order valence-electron chi connectivity index (χ2n) is 3.11. The zero-order valence-corrected chi connectivity index (χ0v) is 8.27. The summed E-state index contributed by atoms with van der Waals surface area (Å²) in [6.45, 7) is 0.736. The Morgan fingerprint density at radius 3 is 1.80 bits per heavy atom. The molecule has 0 fully saturated rings. The number of rotatable bonds is 4. The lowest BCUT2D eigenvalue weighted by molar-refractivity contribution is -0.385. The normalized spacial score (nSPS) is 10.3. The third-order valence-electron chi connectivity index (χ3n) is 2.27. The molecule has 0 bridgehead atoms. The Morgan fingerprint density at radius 1 is 1.07 bits per heavy atom. The molecule has 0 saturated carbocycles. The minimum absolute atomic E-state index is 0.00750. The highest BCUT2D eigenvalue weighted by Crippen LogP contribution is 2.22. The third kappa shape index (κ3) is 2.30. The van der Waals surface area contributed by atoms with Gasteiger partial charge in [0.25, 0.3) is 5.69 Å². The molecule has 0 saturated heterocycles. The highest BCUT2D eigenvalue weighted by atomic mass is 16.6. The van der Waals surface area contributed by atoms with Crippen LogP contribution in [0.25, 0.3) is 0 Å². The van der Waals surface area contributed by atoms with E-state index in [0.29, 0.717) is 11.1 Å². The Balaban J connectivity index is 3.35. The number of nitrogens with two attached hydrogens (primary N) is 3. The summed E-state index contributed by atoms with van der Waals surface area (Å²) >= 11 is 0. The monoisotopic (exact) mass is 210 g/mol. The second kappa shape index (κ2) is 4.83. The molecule has 1 rings (SSSR count). The summed E-state index contributed by atoms with van der Waals surface area (Å²) in [5.74, 6) is 0. The van der Waals surface area contributed by atoms with E-state index >= 15 is 0 Å². The number of nitro benzene ring substituents is 1. The molecule has 6 heteroatoms. The van der Waals surface area contributed by atoms with Gasteiger partial charge in [-0.1, -0.05) is 0 Å². The van der Waals surface area contributed by atoms with Gasteiger partial charge >= 0.3 is 0 Å². The summed E-state index contributed by atoms with van der Waals surface area (Å²) in [4.78, 5) is 10.2. The molecule has 0 aromatic heterocycles. The Labute approximate surface area is 87.2 Å². The number of hydrogen-bond acceptors (Lipinski definition) is 5. The lowest BCUT2D eigenvalue weighted by atomic mass is 10.00. The first kappa shape index (κ1) is 11.6. The molecule has 6 nitrogen and oxygen atoms in total. The van der Waals surface area contributed by atoms with E-state index in [-0.39, 0.29) is 25.3 Å². The van der Waals surface area contributed by atoms with Gasteiger partial charge in [0.15, 0.2) is 0 Å². The van der Waals surface area contributed by atoms with Crippen molar-refractivity contribution in [2.45, 2.75) is 19.6 Å². The van der Waals surface area contributed by atoms with Gasteiger partial charge in [0.2, 0.25) is 0 Å². The van der Waals surface area contributed by atoms with Crippen molar-refractivity contribution in [3.63, 3.8) is 0 Å². The van der Waals surface area contributed by atoms with Crippen molar-refractivity contribution < 1.29 is 4.92 Å². The maximum atomic E-state index is 10.6. The van der Waals surface area contributed by atoms with Gasteiger partial charge in [-0.15, -0.1) is 0 Å². The topological polar surface area (TPSA) is 121 Å². The Hall–Kier alpha value is -1.50. The summed E-state index contributed by atoms with van der Waals surface area (Å²) in [7, 11) is 0. The Morgan fingerprint density at radius 2 is 1.53 bits per heavy atom. The van der Waals surface area contributed by atoms with Gasteiger partial charge in [0, 0.05) is 31.8 Å². The molecule has 0 amide bonds. The molecule has 0 unspecified atom stereocenters. The van der Waals surface area contributed by atoms with E-state index in [4.69, 9.17) is 17.2 Å². The lowest BCUT2D eigenvalue weighted by Crippen LogP contribution is -2.12. The highest BCUT2D eigenvalue weighted by Gasteiger charge is 2.13. The van der Waals surface area contributed by atoms with Crippen molar-refractivity contribution in [3.8, 4) is 0 Å². The van der Waals surface area contributed by atoms with E-state index < -0.39 is 4.92 Å². The molecule has 6 N–H and O–H groups in total. The summed E-state index contributed by atoms with van der Waals surface area (Å²) < 4.78 is 0. The zero-order valence-electron chi connectivity index (χ0n) is 8.27. The molecule has 1 aromatic rings. The molecule has 0 atom stereocenters. The molecule has 82 valence electrons. The number of benzene rings is 1. The number of hydrogen-bond donors (Lipinski definition) is 3.